The molecule has 0 saturated carbocycles. The molecule has 12 nitrogen and oxygen atoms in total. The number of nitrogens with one attached hydrogen (secondary N) is 4. The molecular weight excluding hydrogens is 546 g/mol. The summed E-state index contributed by atoms with van der Waals surface area (Å²) in [7, 11) is -2.22. The molecule has 3 heterocycles. The number of ether oxygens (including phenoxy) is 2. The molecule has 0 atom stereocenters. The molecule has 3 aromatic rings. The third-order valence-corrected chi connectivity index (χ3v) is 8.49. The van der Waals surface area contributed by atoms with E-state index in [4.69, 9.17) is 14.5 Å². The van der Waals surface area contributed by atoms with Gasteiger partial charge in [0.25, 0.3) is 10.0 Å². The first-order valence-electron chi connectivity index (χ1n) is 13.4. The number of hydrogen-bond donors (Lipinski definition) is 4. The van der Waals surface area contributed by atoms with Gasteiger partial charge in [-0.2, -0.15) is 0 Å². The Kier molecular flexibility index (Phi) is 7.93. The maximum absolute atomic E-state index is 14.0. The van der Waals surface area contributed by atoms with Gasteiger partial charge in [0.2, 0.25) is 0 Å². The van der Waals surface area contributed by atoms with Gasteiger partial charge in [0, 0.05) is 31.3 Å². The summed E-state index contributed by atoms with van der Waals surface area (Å²) in [6, 6.07) is 9.87. The van der Waals surface area contributed by atoms with Crippen molar-refractivity contribution in [2.24, 2.45) is 4.99 Å². The SMILES string of the molecule is CCOc1cc2c(cc1OC)-c1c/c(=N\c3c(C)cc(C)cc3C)n(CCNS(=O)(=O)C3=CNNN3)c(=O)n1CC2. The molecule has 41 heavy (non-hydrogen) atoms. The van der Waals surface area contributed by atoms with Crippen LogP contribution >= 0.6 is 0 Å². The molecule has 0 fully saturated rings. The predicted molar refractivity (Wildman–Crippen MR) is 156 cm³/mol. The number of methoxy groups -OCH3 is 1. The molecule has 0 radical (unpaired) electrons. The second-order valence-corrected chi connectivity index (χ2v) is 11.7. The van der Waals surface area contributed by atoms with Crippen molar-refractivity contribution < 1.29 is 17.9 Å². The molecule has 0 amide bonds. The maximum atomic E-state index is 14.0. The van der Waals surface area contributed by atoms with E-state index in [1.807, 2.05) is 45.9 Å². The Morgan fingerprint density at radius 1 is 1.07 bits per heavy atom. The highest BCUT2D eigenvalue weighted by Crippen LogP contribution is 2.37. The smallest absolute Gasteiger partial charge is 0.330 e. The molecule has 0 aliphatic carbocycles. The minimum atomic E-state index is -3.81. The molecule has 4 N–H and O–H groups in total. The van der Waals surface area contributed by atoms with Crippen LogP contribution in [0.1, 0.15) is 29.2 Å². The van der Waals surface area contributed by atoms with E-state index in [0.717, 1.165) is 33.5 Å². The summed E-state index contributed by atoms with van der Waals surface area (Å²) in [5.41, 5.74) is 14.3. The standard InChI is InChI=1S/C28H35N7O5S/c1-6-40-24-13-20-7-9-34-22(21(20)14-23(24)39-5)15-25(31-27-18(3)11-17(2)12-19(27)4)35(28(34)36)10-8-30-41(37,38)26-16-29-33-32-26/h11-16,29-30,32-33H,6-10H2,1-5H3/b31-25+. The zero-order valence-corrected chi connectivity index (χ0v) is 24.6. The highest BCUT2D eigenvalue weighted by molar-refractivity contribution is 7.93. The van der Waals surface area contributed by atoms with Crippen LogP contribution in [0.25, 0.3) is 11.3 Å². The molecule has 0 saturated heterocycles. The van der Waals surface area contributed by atoms with E-state index in [0.29, 0.717) is 42.3 Å². The predicted octanol–water partition coefficient (Wildman–Crippen LogP) is 1.77. The Morgan fingerprint density at radius 3 is 2.49 bits per heavy atom. The van der Waals surface area contributed by atoms with E-state index in [9.17, 15) is 13.2 Å². The third-order valence-electron chi connectivity index (χ3n) is 7.10. The van der Waals surface area contributed by atoms with Crippen LogP contribution in [-0.2, 0) is 29.5 Å². The van der Waals surface area contributed by atoms with Crippen molar-refractivity contribution >= 4 is 15.7 Å². The quantitative estimate of drug-likeness (QED) is 0.300. The van der Waals surface area contributed by atoms with Crippen molar-refractivity contribution in [2.75, 3.05) is 20.3 Å². The lowest BCUT2D eigenvalue weighted by Crippen LogP contribution is -2.44. The van der Waals surface area contributed by atoms with Gasteiger partial charge < -0.3 is 14.9 Å². The largest absolute Gasteiger partial charge is 0.493 e. The van der Waals surface area contributed by atoms with Gasteiger partial charge >= 0.3 is 5.69 Å². The zero-order valence-electron chi connectivity index (χ0n) is 23.8. The number of aryl methyl sites for hydroxylation is 4. The van der Waals surface area contributed by atoms with Crippen molar-refractivity contribution in [3.63, 3.8) is 0 Å². The molecule has 2 aromatic carbocycles. The fourth-order valence-electron chi connectivity index (χ4n) is 5.29. The average Bonchev–Trinajstić information content (AvgIpc) is 3.48. The van der Waals surface area contributed by atoms with Gasteiger partial charge in [-0.1, -0.05) is 17.7 Å². The second-order valence-electron chi connectivity index (χ2n) is 9.98. The summed E-state index contributed by atoms with van der Waals surface area (Å²) in [5, 5.41) is -0.0440. The normalized spacial score (nSPS) is 14.6. The minimum absolute atomic E-state index is 0.0168. The fourth-order valence-corrected chi connectivity index (χ4v) is 6.20. The number of aromatic nitrogens is 2. The summed E-state index contributed by atoms with van der Waals surface area (Å²) < 4.78 is 42.5. The Hall–Kier alpha value is -4.07. The molecule has 13 heteroatoms. The van der Waals surface area contributed by atoms with E-state index in [1.165, 1.54) is 10.8 Å². The minimum Gasteiger partial charge on any atom is -0.493 e. The van der Waals surface area contributed by atoms with Crippen LogP contribution in [0.4, 0.5) is 5.69 Å². The van der Waals surface area contributed by atoms with Gasteiger partial charge in [0.1, 0.15) is 5.49 Å². The summed E-state index contributed by atoms with van der Waals surface area (Å²) in [4.78, 5) is 19.0. The average molecular weight is 582 g/mol. The van der Waals surface area contributed by atoms with Crippen molar-refractivity contribution in [3.8, 4) is 22.8 Å². The summed E-state index contributed by atoms with van der Waals surface area (Å²) in [5.74, 6) is 1.25. The Bertz CT molecular complexity index is 1750. The molecule has 0 spiro atoms. The Morgan fingerprint density at radius 2 is 1.83 bits per heavy atom. The fraction of sp³-hybridized carbons (Fsp3) is 0.357. The van der Waals surface area contributed by atoms with E-state index in [1.54, 1.807) is 11.7 Å². The van der Waals surface area contributed by atoms with Gasteiger partial charge in [0.15, 0.2) is 16.5 Å². The summed E-state index contributed by atoms with van der Waals surface area (Å²) >= 11 is 0. The van der Waals surface area contributed by atoms with Gasteiger partial charge in [-0.15, -0.1) is 5.53 Å². The van der Waals surface area contributed by atoms with Gasteiger partial charge in [-0.25, -0.2) is 22.9 Å². The van der Waals surface area contributed by atoms with Crippen LogP contribution < -0.4 is 41.8 Å². The maximum Gasteiger partial charge on any atom is 0.330 e. The van der Waals surface area contributed by atoms with E-state index < -0.39 is 10.0 Å². The lowest BCUT2D eigenvalue weighted by Gasteiger charge is -2.25. The van der Waals surface area contributed by atoms with Crippen LogP contribution in [-0.4, -0.2) is 37.8 Å². The van der Waals surface area contributed by atoms with Gasteiger partial charge in [0.05, 0.1) is 31.3 Å². The molecule has 0 unspecified atom stereocenters. The number of benzene rings is 2. The lowest BCUT2D eigenvalue weighted by molar-refractivity contribution is 0.310. The Labute approximate surface area is 238 Å². The lowest BCUT2D eigenvalue weighted by atomic mass is 9.97. The van der Waals surface area contributed by atoms with E-state index in [2.05, 4.69) is 33.2 Å². The topological polar surface area (TPSA) is 140 Å². The third kappa shape index (κ3) is 5.60. The number of fused-ring (bicyclic) bond motifs is 3. The first-order valence-corrected chi connectivity index (χ1v) is 14.9. The zero-order chi connectivity index (χ0) is 29.3. The van der Waals surface area contributed by atoms with Gasteiger partial charge in [-0.3, -0.25) is 14.6 Å². The highest BCUT2D eigenvalue weighted by Gasteiger charge is 2.24. The molecule has 218 valence electrons. The van der Waals surface area contributed by atoms with Crippen LogP contribution in [0.15, 0.2) is 51.3 Å². The number of hydrogen-bond acceptors (Lipinski definition) is 9. The van der Waals surface area contributed by atoms with Crippen molar-refractivity contribution in [2.45, 2.75) is 47.2 Å². The summed E-state index contributed by atoms with van der Waals surface area (Å²) in [6.07, 6.45) is 1.93. The molecule has 5 rings (SSSR count). The highest BCUT2D eigenvalue weighted by atomic mass is 32.2. The number of sulfonamides is 1. The van der Waals surface area contributed by atoms with Crippen molar-refractivity contribution in [1.82, 2.24) is 30.2 Å². The first-order chi connectivity index (χ1) is 19.6. The second kappa shape index (κ2) is 11.4. The number of nitrogens with zero attached hydrogens (tertiary/aromatic N) is 3. The number of hydrazine groups is 2. The van der Waals surface area contributed by atoms with Crippen LogP contribution in [0, 0.1) is 20.8 Å². The van der Waals surface area contributed by atoms with E-state index in [-0.39, 0.29) is 23.8 Å². The van der Waals surface area contributed by atoms with Crippen LogP contribution in [0.3, 0.4) is 0 Å². The molecular formula is C28H35N7O5S. The van der Waals surface area contributed by atoms with Crippen LogP contribution in [0.2, 0.25) is 0 Å². The summed E-state index contributed by atoms with van der Waals surface area (Å²) in [6.45, 7) is 8.96. The van der Waals surface area contributed by atoms with Crippen LogP contribution in [0.5, 0.6) is 11.5 Å². The van der Waals surface area contributed by atoms with Gasteiger partial charge in [-0.05, 0) is 62.9 Å². The van der Waals surface area contributed by atoms with E-state index >= 15 is 0 Å². The van der Waals surface area contributed by atoms with Crippen molar-refractivity contribution in [3.05, 3.63) is 79.8 Å². The first kappa shape index (κ1) is 28.5. The molecule has 1 aromatic heterocycles. The van der Waals surface area contributed by atoms with Crippen molar-refractivity contribution in [1.29, 1.82) is 0 Å². The molecule has 2 aliphatic rings. The molecule has 0 bridgehead atoms. The number of rotatable bonds is 9. The molecule has 2 aliphatic heterocycles. The monoisotopic (exact) mass is 581 g/mol. The Balaban J connectivity index is 1.65.